The minimum Gasteiger partial charge on any atom is -0.393 e. The summed E-state index contributed by atoms with van der Waals surface area (Å²) < 4.78 is 13.2. The number of pyridine rings is 1. The Labute approximate surface area is 114 Å². The molecule has 0 aliphatic carbocycles. The van der Waals surface area contributed by atoms with Crippen LogP contribution in [0, 0.1) is 5.82 Å². The van der Waals surface area contributed by atoms with E-state index in [4.69, 9.17) is 0 Å². The number of rotatable bonds is 4. The zero-order valence-electron chi connectivity index (χ0n) is 11.6. The highest BCUT2D eigenvalue weighted by Crippen LogP contribution is 2.22. The number of aliphatic hydroxyl groups is 1. The Morgan fingerprint density at radius 2 is 2.26 bits per heavy atom. The Hall–Kier alpha value is -1.00. The fourth-order valence-electron chi connectivity index (χ4n) is 2.88. The molecule has 0 aromatic carbocycles. The Bertz CT molecular complexity index is 397. The average Bonchev–Trinajstić information content (AvgIpc) is 2.55. The van der Waals surface area contributed by atoms with Gasteiger partial charge in [0.1, 0.15) is 5.82 Å². The minimum absolute atomic E-state index is 0.278. The van der Waals surface area contributed by atoms with E-state index < -0.39 is 0 Å². The molecule has 2 unspecified atom stereocenters. The van der Waals surface area contributed by atoms with Crippen LogP contribution < -0.4 is 0 Å². The summed E-state index contributed by atoms with van der Waals surface area (Å²) in [7, 11) is 0. The molecule has 4 heteroatoms. The van der Waals surface area contributed by atoms with Gasteiger partial charge in [0, 0.05) is 18.8 Å². The zero-order valence-corrected chi connectivity index (χ0v) is 11.6. The third kappa shape index (κ3) is 4.55. The van der Waals surface area contributed by atoms with Crippen molar-refractivity contribution in [2.24, 2.45) is 0 Å². The molecule has 2 heterocycles. The van der Waals surface area contributed by atoms with E-state index in [1.807, 2.05) is 6.92 Å². The van der Waals surface area contributed by atoms with Crippen molar-refractivity contribution < 1.29 is 9.50 Å². The molecule has 1 N–H and O–H groups in total. The summed E-state index contributed by atoms with van der Waals surface area (Å²) in [6.07, 6.45) is 8.24. The van der Waals surface area contributed by atoms with E-state index in [-0.39, 0.29) is 11.9 Å². The van der Waals surface area contributed by atoms with Crippen LogP contribution in [0.1, 0.15) is 44.6 Å². The normalized spacial score (nSPS) is 23.0. The van der Waals surface area contributed by atoms with Crippen LogP contribution in [-0.2, 0) is 6.54 Å². The Kier molecular flexibility index (Phi) is 5.28. The fraction of sp³-hybridized carbons (Fsp3) is 0.667. The van der Waals surface area contributed by atoms with E-state index >= 15 is 0 Å². The molecular weight excluding hydrogens is 243 g/mol. The molecule has 106 valence electrons. The first kappa shape index (κ1) is 14.4. The predicted molar refractivity (Wildman–Crippen MR) is 73.2 cm³/mol. The van der Waals surface area contributed by atoms with Gasteiger partial charge in [-0.1, -0.05) is 12.8 Å². The van der Waals surface area contributed by atoms with Gasteiger partial charge >= 0.3 is 0 Å². The number of nitrogens with zero attached hydrogens (tertiary/aromatic N) is 2. The number of aromatic nitrogens is 1. The first-order valence-electron chi connectivity index (χ1n) is 7.16. The lowest BCUT2D eigenvalue weighted by atomic mass is 10.0. The second-order valence-electron chi connectivity index (χ2n) is 5.57. The largest absolute Gasteiger partial charge is 0.393 e. The Morgan fingerprint density at radius 3 is 3.00 bits per heavy atom. The third-order valence-corrected chi connectivity index (χ3v) is 3.76. The minimum atomic E-state index is -0.281. The van der Waals surface area contributed by atoms with E-state index in [0.717, 1.165) is 31.5 Å². The molecule has 19 heavy (non-hydrogen) atoms. The van der Waals surface area contributed by atoms with Crippen molar-refractivity contribution in [1.82, 2.24) is 9.88 Å². The number of aliphatic hydroxyl groups excluding tert-OH is 1. The molecular formula is C15H23FN2O. The summed E-state index contributed by atoms with van der Waals surface area (Å²) in [5.41, 5.74) is 0.914. The summed E-state index contributed by atoms with van der Waals surface area (Å²) >= 11 is 0. The first-order chi connectivity index (χ1) is 9.15. The maximum Gasteiger partial charge on any atom is 0.141 e. The van der Waals surface area contributed by atoms with Crippen LogP contribution in [0.15, 0.2) is 18.5 Å². The summed E-state index contributed by atoms with van der Waals surface area (Å²) in [6, 6.07) is 1.95. The van der Waals surface area contributed by atoms with Crippen molar-refractivity contribution in [3.8, 4) is 0 Å². The van der Waals surface area contributed by atoms with Crippen LogP contribution in [-0.4, -0.2) is 33.7 Å². The summed E-state index contributed by atoms with van der Waals surface area (Å²) in [6.45, 7) is 3.59. The predicted octanol–water partition coefficient (Wildman–Crippen LogP) is 2.74. The van der Waals surface area contributed by atoms with E-state index in [2.05, 4.69) is 9.88 Å². The molecule has 3 nitrogen and oxygen atoms in total. The highest BCUT2D eigenvalue weighted by Gasteiger charge is 2.22. The lowest BCUT2D eigenvalue weighted by Gasteiger charge is -2.30. The van der Waals surface area contributed by atoms with E-state index in [1.54, 1.807) is 12.3 Å². The van der Waals surface area contributed by atoms with Gasteiger partial charge in [-0.3, -0.25) is 9.88 Å². The molecule has 2 rings (SSSR count). The molecule has 1 saturated heterocycles. The molecule has 2 atom stereocenters. The number of likely N-dealkylation sites (tertiary alicyclic amines) is 1. The highest BCUT2D eigenvalue weighted by molar-refractivity contribution is 5.10. The Morgan fingerprint density at radius 1 is 1.42 bits per heavy atom. The van der Waals surface area contributed by atoms with Crippen LogP contribution in [0.3, 0.4) is 0 Å². The number of hydrogen-bond donors (Lipinski definition) is 1. The van der Waals surface area contributed by atoms with E-state index in [0.29, 0.717) is 6.04 Å². The second-order valence-corrected chi connectivity index (χ2v) is 5.57. The fourth-order valence-corrected chi connectivity index (χ4v) is 2.88. The van der Waals surface area contributed by atoms with Crippen molar-refractivity contribution in [1.29, 1.82) is 0 Å². The van der Waals surface area contributed by atoms with Crippen molar-refractivity contribution in [3.63, 3.8) is 0 Å². The zero-order chi connectivity index (χ0) is 13.7. The second kappa shape index (κ2) is 6.96. The van der Waals surface area contributed by atoms with Gasteiger partial charge in [0.25, 0.3) is 0 Å². The first-order valence-corrected chi connectivity index (χ1v) is 7.16. The number of halogens is 1. The van der Waals surface area contributed by atoms with Gasteiger partial charge in [0.05, 0.1) is 12.3 Å². The SMILES string of the molecule is CC(O)CC1CCCCCN1Cc1cncc(F)c1. The van der Waals surface area contributed by atoms with Crippen molar-refractivity contribution in [2.45, 2.75) is 57.7 Å². The lowest BCUT2D eigenvalue weighted by Crippen LogP contribution is -2.36. The van der Waals surface area contributed by atoms with Crippen molar-refractivity contribution in [3.05, 3.63) is 29.8 Å². The van der Waals surface area contributed by atoms with Crippen LogP contribution in [0.2, 0.25) is 0 Å². The monoisotopic (exact) mass is 266 g/mol. The molecule has 0 amide bonds. The van der Waals surface area contributed by atoms with E-state index in [1.165, 1.54) is 25.5 Å². The molecule has 0 spiro atoms. The van der Waals surface area contributed by atoms with Crippen LogP contribution >= 0.6 is 0 Å². The van der Waals surface area contributed by atoms with Gasteiger partial charge < -0.3 is 5.11 Å². The standard InChI is InChI=1S/C15H23FN2O/c1-12(19)7-15-5-3-2-4-6-18(15)11-13-8-14(16)10-17-9-13/h8-10,12,15,19H,2-7,11H2,1H3. The van der Waals surface area contributed by atoms with Crippen molar-refractivity contribution in [2.75, 3.05) is 6.54 Å². The molecule has 1 aromatic heterocycles. The lowest BCUT2D eigenvalue weighted by molar-refractivity contribution is 0.108. The van der Waals surface area contributed by atoms with Gasteiger partial charge in [-0.25, -0.2) is 4.39 Å². The molecule has 1 aromatic rings. The maximum atomic E-state index is 13.2. The molecule has 1 aliphatic heterocycles. The van der Waals surface area contributed by atoms with Crippen LogP contribution in [0.4, 0.5) is 4.39 Å². The topological polar surface area (TPSA) is 36.4 Å². The van der Waals surface area contributed by atoms with Gasteiger partial charge in [-0.15, -0.1) is 0 Å². The molecule has 1 aliphatic rings. The molecule has 0 saturated carbocycles. The van der Waals surface area contributed by atoms with Crippen LogP contribution in [0.5, 0.6) is 0 Å². The van der Waals surface area contributed by atoms with Crippen molar-refractivity contribution >= 4 is 0 Å². The number of hydrogen-bond acceptors (Lipinski definition) is 3. The quantitative estimate of drug-likeness (QED) is 0.910. The van der Waals surface area contributed by atoms with E-state index in [9.17, 15) is 9.50 Å². The molecule has 1 fully saturated rings. The summed E-state index contributed by atoms with van der Waals surface area (Å²) in [5, 5.41) is 9.63. The summed E-state index contributed by atoms with van der Waals surface area (Å²) in [4.78, 5) is 6.28. The molecule has 0 radical (unpaired) electrons. The van der Waals surface area contributed by atoms with Gasteiger partial charge in [0.2, 0.25) is 0 Å². The molecule has 0 bridgehead atoms. The smallest absolute Gasteiger partial charge is 0.141 e. The highest BCUT2D eigenvalue weighted by atomic mass is 19.1. The van der Waals surface area contributed by atoms with Gasteiger partial charge in [0.15, 0.2) is 0 Å². The Balaban J connectivity index is 2.05. The maximum absolute atomic E-state index is 13.2. The third-order valence-electron chi connectivity index (χ3n) is 3.76. The van der Waals surface area contributed by atoms with Gasteiger partial charge in [-0.2, -0.15) is 0 Å². The average molecular weight is 266 g/mol. The van der Waals surface area contributed by atoms with Crippen LogP contribution in [0.25, 0.3) is 0 Å². The summed E-state index contributed by atoms with van der Waals surface area (Å²) in [5.74, 6) is -0.278. The van der Waals surface area contributed by atoms with Gasteiger partial charge in [-0.05, 0) is 44.4 Å².